The van der Waals surface area contributed by atoms with E-state index in [0.29, 0.717) is 0 Å². The van der Waals surface area contributed by atoms with Crippen LogP contribution in [0.15, 0.2) is 30.3 Å². The molecule has 1 atom stereocenters. The maximum absolute atomic E-state index is 2.72. The van der Waals surface area contributed by atoms with E-state index in [1.54, 1.807) is 0 Å². The number of piperidine rings is 1. The number of nitrogens with zero attached hydrogens (tertiary/aromatic N) is 1. The molecule has 0 N–H and O–H groups in total. The van der Waals surface area contributed by atoms with E-state index in [-0.39, 0.29) is 0 Å². The van der Waals surface area contributed by atoms with Crippen molar-refractivity contribution in [3.63, 3.8) is 0 Å². The first-order valence-corrected chi connectivity index (χ1v) is 7.18. The van der Waals surface area contributed by atoms with E-state index in [2.05, 4.69) is 42.2 Å². The molecule has 1 aromatic rings. The number of rotatable bonds is 5. The summed E-state index contributed by atoms with van der Waals surface area (Å²) in [5, 5.41) is 0. The third-order valence-electron chi connectivity index (χ3n) is 3.84. The van der Waals surface area contributed by atoms with Gasteiger partial charge in [-0.3, -0.25) is 0 Å². The lowest BCUT2D eigenvalue weighted by molar-refractivity contribution is 0.153. The molecule has 2 rings (SSSR count). The minimum Gasteiger partial charge on any atom is -0.300 e. The van der Waals surface area contributed by atoms with Gasteiger partial charge in [-0.25, -0.2) is 0 Å². The van der Waals surface area contributed by atoms with Crippen molar-refractivity contribution in [1.29, 1.82) is 0 Å². The average molecular weight is 231 g/mol. The predicted molar refractivity (Wildman–Crippen MR) is 74.3 cm³/mol. The van der Waals surface area contributed by atoms with Crippen LogP contribution in [0.5, 0.6) is 0 Å². The van der Waals surface area contributed by atoms with Crippen LogP contribution in [0.1, 0.15) is 44.6 Å². The standard InChI is InChI=1S/C16H25N/c1-2-9-16(17-12-7-4-8-13-17)14-15-10-5-3-6-11-15/h3,5-6,10-11,16H,2,4,7-9,12-14H2,1H3. The Morgan fingerprint density at radius 3 is 2.41 bits per heavy atom. The molecule has 1 aliphatic rings. The van der Waals surface area contributed by atoms with Crippen LogP contribution in [-0.2, 0) is 6.42 Å². The molecule has 17 heavy (non-hydrogen) atoms. The normalized spacial score (nSPS) is 19.1. The third-order valence-corrected chi connectivity index (χ3v) is 3.84. The molecule has 1 aliphatic heterocycles. The Labute approximate surface area is 106 Å². The molecule has 1 heterocycles. The summed E-state index contributed by atoms with van der Waals surface area (Å²) in [6.45, 7) is 4.94. The monoisotopic (exact) mass is 231 g/mol. The molecule has 0 amide bonds. The lowest BCUT2D eigenvalue weighted by Gasteiger charge is -2.34. The van der Waals surface area contributed by atoms with Crippen molar-refractivity contribution in [3.8, 4) is 0 Å². The van der Waals surface area contributed by atoms with Crippen LogP contribution in [0.3, 0.4) is 0 Å². The summed E-state index contributed by atoms with van der Waals surface area (Å²) in [7, 11) is 0. The average Bonchev–Trinajstić information content (AvgIpc) is 2.40. The fourth-order valence-electron chi connectivity index (χ4n) is 2.92. The first kappa shape index (κ1) is 12.6. The minimum absolute atomic E-state index is 0.766. The first-order chi connectivity index (χ1) is 8.40. The van der Waals surface area contributed by atoms with E-state index in [4.69, 9.17) is 0 Å². The van der Waals surface area contributed by atoms with Crippen LogP contribution >= 0.6 is 0 Å². The van der Waals surface area contributed by atoms with Gasteiger partial charge in [-0.2, -0.15) is 0 Å². The Kier molecular flexibility index (Phi) is 5.06. The zero-order valence-corrected chi connectivity index (χ0v) is 11.1. The lowest BCUT2D eigenvalue weighted by atomic mass is 9.98. The second-order valence-electron chi connectivity index (χ2n) is 5.23. The van der Waals surface area contributed by atoms with Crippen LogP contribution in [0.25, 0.3) is 0 Å². The SMILES string of the molecule is CCCC(Cc1ccccc1)N1CCCCC1. The largest absolute Gasteiger partial charge is 0.300 e. The Bertz CT molecular complexity index is 301. The van der Waals surface area contributed by atoms with Gasteiger partial charge in [-0.15, -0.1) is 0 Å². The second-order valence-corrected chi connectivity index (χ2v) is 5.23. The zero-order chi connectivity index (χ0) is 11.9. The number of hydrogen-bond donors (Lipinski definition) is 0. The van der Waals surface area contributed by atoms with E-state index in [9.17, 15) is 0 Å². The highest BCUT2D eigenvalue weighted by molar-refractivity contribution is 5.16. The summed E-state index contributed by atoms with van der Waals surface area (Å²) >= 11 is 0. The molecule has 0 aromatic heterocycles. The minimum atomic E-state index is 0.766. The van der Waals surface area contributed by atoms with Gasteiger partial charge in [0, 0.05) is 6.04 Å². The molecular weight excluding hydrogens is 206 g/mol. The highest BCUT2D eigenvalue weighted by atomic mass is 15.2. The quantitative estimate of drug-likeness (QED) is 0.743. The molecule has 1 unspecified atom stereocenters. The maximum atomic E-state index is 2.72. The first-order valence-electron chi connectivity index (χ1n) is 7.18. The molecule has 1 nitrogen and oxygen atoms in total. The summed E-state index contributed by atoms with van der Waals surface area (Å²) in [5.41, 5.74) is 1.50. The van der Waals surface area contributed by atoms with Crippen molar-refractivity contribution in [2.24, 2.45) is 0 Å². The van der Waals surface area contributed by atoms with Gasteiger partial charge < -0.3 is 4.90 Å². The van der Waals surface area contributed by atoms with Crippen molar-refractivity contribution in [3.05, 3.63) is 35.9 Å². The van der Waals surface area contributed by atoms with Gasteiger partial charge >= 0.3 is 0 Å². The molecule has 1 saturated heterocycles. The molecule has 1 fully saturated rings. The van der Waals surface area contributed by atoms with E-state index in [0.717, 1.165) is 6.04 Å². The molecule has 0 aliphatic carbocycles. The van der Waals surface area contributed by atoms with Crippen LogP contribution in [0.4, 0.5) is 0 Å². The molecule has 0 radical (unpaired) electrons. The predicted octanol–water partition coefficient (Wildman–Crippen LogP) is 3.88. The fraction of sp³-hybridized carbons (Fsp3) is 0.625. The van der Waals surface area contributed by atoms with Gasteiger partial charge in [0.15, 0.2) is 0 Å². The summed E-state index contributed by atoms with van der Waals surface area (Å²) in [4.78, 5) is 2.72. The molecular formula is C16H25N. The van der Waals surface area contributed by atoms with Gasteiger partial charge in [0.1, 0.15) is 0 Å². The Morgan fingerprint density at radius 1 is 1.06 bits per heavy atom. The van der Waals surface area contributed by atoms with Gasteiger partial charge in [-0.1, -0.05) is 50.1 Å². The Hall–Kier alpha value is -0.820. The summed E-state index contributed by atoms with van der Waals surface area (Å²) in [5.74, 6) is 0. The smallest absolute Gasteiger partial charge is 0.0136 e. The lowest BCUT2D eigenvalue weighted by Crippen LogP contribution is -2.40. The molecule has 0 spiro atoms. The molecule has 0 saturated carbocycles. The van der Waals surface area contributed by atoms with Crippen LogP contribution in [-0.4, -0.2) is 24.0 Å². The molecule has 1 heteroatoms. The van der Waals surface area contributed by atoms with E-state index in [1.165, 1.54) is 57.2 Å². The van der Waals surface area contributed by atoms with Crippen molar-refractivity contribution in [2.75, 3.05) is 13.1 Å². The highest BCUT2D eigenvalue weighted by Gasteiger charge is 2.19. The van der Waals surface area contributed by atoms with Gasteiger partial charge in [-0.05, 0) is 44.3 Å². The Morgan fingerprint density at radius 2 is 1.76 bits per heavy atom. The molecule has 1 aromatic carbocycles. The number of likely N-dealkylation sites (tertiary alicyclic amines) is 1. The topological polar surface area (TPSA) is 3.24 Å². The maximum Gasteiger partial charge on any atom is 0.0136 e. The van der Waals surface area contributed by atoms with Crippen molar-refractivity contribution in [2.45, 2.75) is 51.5 Å². The third kappa shape index (κ3) is 3.85. The number of benzene rings is 1. The van der Waals surface area contributed by atoms with Crippen LogP contribution in [0, 0.1) is 0 Å². The van der Waals surface area contributed by atoms with E-state index < -0.39 is 0 Å². The number of hydrogen-bond acceptors (Lipinski definition) is 1. The molecule has 0 bridgehead atoms. The fourth-order valence-corrected chi connectivity index (χ4v) is 2.92. The van der Waals surface area contributed by atoms with E-state index in [1.807, 2.05) is 0 Å². The molecule has 94 valence electrons. The van der Waals surface area contributed by atoms with Gasteiger partial charge in [0.25, 0.3) is 0 Å². The van der Waals surface area contributed by atoms with Crippen molar-refractivity contribution in [1.82, 2.24) is 4.90 Å². The zero-order valence-electron chi connectivity index (χ0n) is 11.1. The van der Waals surface area contributed by atoms with E-state index >= 15 is 0 Å². The highest BCUT2D eigenvalue weighted by Crippen LogP contribution is 2.18. The summed E-state index contributed by atoms with van der Waals surface area (Å²) < 4.78 is 0. The van der Waals surface area contributed by atoms with Crippen molar-refractivity contribution >= 4 is 0 Å². The summed E-state index contributed by atoms with van der Waals surface area (Å²) in [6, 6.07) is 11.7. The van der Waals surface area contributed by atoms with Crippen LogP contribution < -0.4 is 0 Å². The van der Waals surface area contributed by atoms with Crippen molar-refractivity contribution < 1.29 is 0 Å². The second kappa shape index (κ2) is 6.80. The Balaban J connectivity index is 1.96. The van der Waals surface area contributed by atoms with Gasteiger partial charge in [0.05, 0.1) is 0 Å². The van der Waals surface area contributed by atoms with Crippen LogP contribution in [0.2, 0.25) is 0 Å². The van der Waals surface area contributed by atoms with Gasteiger partial charge in [0.2, 0.25) is 0 Å². The summed E-state index contributed by atoms with van der Waals surface area (Å²) in [6.07, 6.45) is 8.10.